The summed E-state index contributed by atoms with van der Waals surface area (Å²) in [5.74, 6) is -0.561. The predicted octanol–water partition coefficient (Wildman–Crippen LogP) is 1.51. The molecule has 3 N–H and O–H groups in total. The van der Waals surface area contributed by atoms with Crippen molar-refractivity contribution < 1.29 is 9.18 Å². The number of rotatable bonds is 4. The topological polar surface area (TPSA) is 58.4 Å². The Morgan fingerprint density at radius 3 is 3.05 bits per heavy atom. The highest BCUT2D eigenvalue weighted by atomic mass is 32.1. The van der Waals surface area contributed by atoms with Crippen molar-refractivity contribution in [2.45, 2.75) is 18.9 Å². The van der Waals surface area contributed by atoms with E-state index in [0.717, 1.165) is 19.4 Å². The number of likely N-dealkylation sites (tertiary alicyclic amines) is 1. The van der Waals surface area contributed by atoms with Crippen LogP contribution in [-0.4, -0.2) is 34.9 Å². The zero-order valence-electron chi connectivity index (χ0n) is 10.4. The third-order valence-corrected chi connectivity index (χ3v) is 3.42. The van der Waals surface area contributed by atoms with Gasteiger partial charge in [0, 0.05) is 5.69 Å². The van der Waals surface area contributed by atoms with Crippen LogP contribution in [-0.2, 0) is 4.79 Å². The normalized spacial score (nSPS) is 19.3. The number of carbonyl (C=O) groups excluding carboxylic acids is 1. The number of hydrogen-bond acceptors (Lipinski definition) is 3. The minimum atomic E-state index is -0.375. The molecule has 1 aliphatic rings. The third kappa shape index (κ3) is 3.71. The van der Waals surface area contributed by atoms with Gasteiger partial charge in [-0.05, 0) is 37.6 Å². The second kappa shape index (κ2) is 6.08. The van der Waals surface area contributed by atoms with Crippen LogP contribution in [0.25, 0.3) is 0 Å². The maximum absolute atomic E-state index is 13.0. The lowest BCUT2D eigenvalue weighted by molar-refractivity contribution is -0.117. The summed E-state index contributed by atoms with van der Waals surface area (Å²) in [6.07, 6.45) is 1.87. The van der Waals surface area contributed by atoms with Gasteiger partial charge in [-0.25, -0.2) is 4.39 Å². The standard InChI is InChI=1S/C13H16FN3OS/c14-9-3-1-4-10(7-9)16-12(18)8-17-6-2-5-11(17)13(15)19/h1,3-4,7,11H,2,5-6,8H2,(H2,15,19)(H,16,18). The first-order chi connectivity index (χ1) is 9.06. The zero-order chi connectivity index (χ0) is 13.8. The SMILES string of the molecule is NC(=S)C1CCCN1CC(=O)Nc1cccc(F)c1. The molecule has 0 bridgehead atoms. The summed E-state index contributed by atoms with van der Waals surface area (Å²) < 4.78 is 13.0. The molecule has 1 saturated heterocycles. The number of halogens is 1. The quantitative estimate of drug-likeness (QED) is 0.822. The molecule has 1 aliphatic heterocycles. The molecule has 1 heterocycles. The zero-order valence-corrected chi connectivity index (χ0v) is 11.3. The van der Waals surface area contributed by atoms with Crippen LogP contribution in [0, 0.1) is 5.82 Å². The minimum Gasteiger partial charge on any atom is -0.392 e. The van der Waals surface area contributed by atoms with Gasteiger partial charge in [-0.1, -0.05) is 18.3 Å². The fourth-order valence-corrected chi connectivity index (χ4v) is 2.56. The van der Waals surface area contributed by atoms with Gasteiger partial charge in [0.05, 0.1) is 17.6 Å². The smallest absolute Gasteiger partial charge is 0.238 e. The minimum absolute atomic E-state index is 0.00624. The molecule has 4 nitrogen and oxygen atoms in total. The summed E-state index contributed by atoms with van der Waals surface area (Å²) in [7, 11) is 0. The summed E-state index contributed by atoms with van der Waals surface area (Å²) in [5, 5.41) is 2.66. The van der Waals surface area contributed by atoms with E-state index in [0.29, 0.717) is 10.7 Å². The summed E-state index contributed by atoms with van der Waals surface area (Å²) in [5.41, 5.74) is 6.10. The number of thiocarbonyl (C=S) groups is 1. The number of nitrogens with one attached hydrogen (secondary N) is 1. The van der Waals surface area contributed by atoms with Crippen LogP contribution in [0.2, 0.25) is 0 Å². The van der Waals surface area contributed by atoms with Crippen molar-refractivity contribution in [1.82, 2.24) is 4.90 Å². The van der Waals surface area contributed by atoms with Gasteiger partial charge < -0.3 is 11.1 Å². The molecular formula is C13H16FN3OS. The summed E-state index contributed by atoms with van der Waals surface area (Å²) >= 11 is 4.99. The number of benzene rings is 1. The average molecular weight is 281 g/mol. The van der Waals surface area contributed by atoms with E-state index in [1.54, 1.807) is 12.1 Å². The number of amides is 1. The Hall–Kier alpha value is -1.53. The van der Waals surface area contributed by atoms with E-state index in [2.05, 4.69) is 5.32 Å². The Morgan fingerprint density at radius 2 is 2.37 bits per heavy atom. The van der Waals surface area contributed by atoms with Gasteiger partial charge >= 0.3 is 0 Å². The van der Waals surface area contributed by atoms with Gasteiger partial charge in [-0.15, -0.1) is 0 Å². The number of nitrogens with zero attached hydrogens (tertiary/aromatic N) is 1. The number of carbonyl (C=O) groups is 1. The highest BCUT2D eigenvalue weighted by Crippen LogP contribution is 2.17. The van der Waals surface area contributed by atoms with Crippen LogP contribution in [0.3, 0.4) is 0 Å². The molecule has 0 saturated carbocycles. The Kier molecular flexibility index (Phi) is 4.44. The van der Waals surface area contributed by atoms with E-state index in [1.165, 1.54) is 12.1 Å². The van der Waals surface area contributed by atoms with Crippen molar-refractivity contribution in [1.29, 1.82) is 0 Å². The highest BCUT2D eigenvalue weighted by Gasteiger charge is 2.28. The van der Waals surface area contributed by atoms with Crippen LogP contribution in [0.15, 0.2) is 24.3 Å². The number of anilines is 1. The molecular weight excluding hydrogens is 265 g/mol. The lowest BCUT2D eigenvalue weighted by Crippen LogP contribution is -2.43. The molecule has 1 atom stereocenters. The van der Waals surface area contributed by atoms with E-state index in [9.17, 15) is 9.18 Å². The number of hydrogen-bond donors (Lipinski definition) is 2. The summed E-state index contributed by atoms with van der Waals surface area (Å²) in [6.45, 7) is 1.02. The molecule has 0 aromatic heterocycles. The van der Waals surface area contributed by atoms with Gasteiger partial charge in [-0.3, -0.25) is 9.69 Å². The van der Waals surface area contributed by atoms with Crippen molar-refractivity contribution >= 4 is 28.8 Å². The van der Waals surface area contributed by atoms with Crippen molar-refractivity contribution in [3.63, 3.8) is 0 Å². The first-order valence-corrected chi connectivity index (χ1v) is 6.56. The molecule has 1 amide bonds. The van der Waals surface area contributed by atoms with Gasteiger partial charge in [0.25, 0.3) is 0 Å². The first-order valence-electron chi connectivity index (χ1n) is 6.15. The molecule has 0 radical (unpaired) electrons. The molecule has 1 aromatic carbocycles. The lowest BCUT2D eigenvalue weighted by atomic mass is 10.2. The van der Waals surface area contributed by atoms with E-state index in [1.807, 2.05) is 4.90 Å². The first kappa shape index (κ1) is 13.9. The molecule has 1 unspecified atom stereocenters. The molecule has 0 spiro atoms. The van der Waals surface area contributed by atoms with Crippen LogP contribution < -0.4 is 11.1 Å². The largest absolute Gasteiger partial charge is 0.392 e. The Bertz CT molecular complexity index is 495. The van der Waals surface area contributed by atoms with Crippen LogP contribution in [0.4, 0.5) is 10.1 Å². The van der Waals surface area contributed by atoms with Gasteiger partial charge in [-0.2, -0.15) is 0 Å². The van der Waals surface area contributed by atoms with E-state index in [4.69, 9.17) is 18.0 Å². The van der Waals surface area contributed by atoms with E-state index < -0.39 is 0 Å². The Morgan fingerprint density at radius 1 is 1.58 bits per heavy atom. The molecule has 0 aliphatic carbocycles. The summed E-state index contributed by atoms with van der Waals surface area (Å²) in [6, 6.07) is 5.81. The average Bonchev–Trinajstić information content (AvgIpc) is 2.76. The third-order valence-electron chi connectivity index (χ3n) is 3.15. The van der Waals surface area contributed by atoms with Crippen LogP contribution in [0.5, 0.6) is 0 Å². The molecule has 2 rings (SSSR count). The van der Waals surface area contributed by atoms with Crippen LogP contribution >= 0.6 is 12.2 Å². The van der Waals surface area contributed by atoms with E-state index >= 15 is 0 Å². The summed E-state index contributed by atoms with van der Waals surface area (Å²) in [4.78, 5) is 14.3. The fraction of sp³-hybridized carbons (Fsp3) is 0.385. The highest BCUT2D eigenvalue weighted by molar-refractivity contribution is 7.80. The molecule has 1 fully saturated rings. The molecule has 6 heteroatoms. The lowest BCUT2D eigenvalue weighted by Gasteiger charge is -2.22. The van der Waals surface area contributed by atoms with Crippen molar-refractivity contribution in [3.8, 4) is 0 Å². The molecule has 19 heavy (non-hydrogen) atoms. The van der Waals surface area contributed by atoms with Crippen LogP contribution in [0.1, 0.15) is 12.8 Å². The second-order valence-corrected chi connectivity index (χ2v) is 5.06. The van der Waals surface area contributed by atoms with Crippen molar-refractivity contribution in [3.05, 3.63) is 30.1 Å². The predicted molar refractivity (Wildman–Crippen MR) is 76.4 cm³/mol. The molecule has 1 aromatic rings. The fourth-order valence-electron chi connectivity index (χ4n) is 2.29. The molecule has 102 valence electrons. The van der Waals surface area contributed by atoms with Crippen molar-refractivity contribution in [2.75, 3.05) is 18.4 Å². The second-order valence-electron chi connectivity index (χ2n) is 4.59. The van der Waals surface area contributed by atoms with Gasteiger partial charge in [0.15, 0.2) is 0 Å². The maximum atomic E-state index is 13.0. The Balaban J connectivity index is 1.92. The maximum Gasteiger partial charge on any atom is 0.238 e. The number of nitrogens with two attached hydrogens (primary N) is 1. The van der Waals surface area contributed by atoms with E-state index in [-0.39, 0.29) is 24.3 Å². The van der Waals surface area contributed by atoms with Crippen molar-refractivity contribution in [2.24, 2.45) is 5.73 Å². The van der Waals surface area contributed by atoms with Gasteiger partial charge in [0.1, 0.15) is 5.82 Å². The Labute approximate surface area is 116 Å². The van der Waals surface area contributed by atoms with Gasteiger partial charge in [0.2, 0.25) is 5.91 Å². The monoisotopic (exact) mass is 281 g/mol.